The molecule has 2 aliphatic rings. The summed E-state index contributed by atoms with van der Waals surface area (Å²) in [6, 6.07) is 20.4. The van der Waals surface area contributed by atoms with E-state index in [0.29, 0.717) is 32.1 Å². The Morgan fingerprint density at radius 1 is 0.962 bits per heavy atom. The van der Waals surface area contributed by atoms with Crippen molar-refractivity contribution in [1.82, 2.24) is 9.80 Å². The summed E-state index contributed by atoms with van der Waals surface area (Å²) in [5.74, 6) is 0.0125. The molecule has 4 rings (SSSR count). The van der Waals surface area contributed by atoms with Crippen molar-refractivity contribution in [3.8, 4) is 0 Å². The first-order chi connectivity index (χ1) is 12.7. The summed E-state index contributed by atoms with van der Waals surface area (Å²) < 4.78 is 0. The van der Waals surface area contributed by atoms with Crippen molar-refractivity contribution in [3.05, 3.63) is 71.8 Å². The number of hydrogen-bond donors (Lipinski definition) is 0. The number of amides is 2. The van der Waals surface area contributed by atoms with Gasteiger partial charge in [0.1, 0.15) is 0 Å². The summed E-state index contributed by atoms with van der Waals surface area (Å²) in [6.45, 7) is 1.77. The molecule has 2 amide bonds. The number of rotatable bonds is 6. The lowest BCUT2D eigenvalue weighted by Gasteiger charge is -2.26. The van der Waals surface area contributed by atoms with Gasteiger partial charge >= 0.3 is 0 Å². The Morgan fingerprint density at radius 2 is 1.58 bits per heavy atom. The lowest BCUT2D eigenvalue weighted by atomic mass is 10.1. The van der Waals surface area contributed by atoms with Crippen LogP contribution in [0.3, 0.4) is 0 Å². The van der Waals surface area contributed by atoms with Gasteiger partial charge in [0.15, 0.2) is 0 Å². The van der Waals surface area contributed by atoms with Crippen molar-refractivity contribution in [2.75, 3.05) is 6.54 Å². The second-order valence-corrected chi connectivity index (χ2v) is 7.34. The standard InChI is InChI=1S/C22H24N2O2/c25-21-13-19(16-23(21)14-17-7-3-1-4-8-17)22(26)24(20-11-12-20)15-18-9-5-2-6-10-18/h1-10,19-20H,11-16H2. The number of nitrogens with zero attached hydrogens (tertiary/aromatic N) is 2. The summed E-state index contributed by atoms with van der Waals surface area (Å²) in [7, 11) is 0. The molecule has 134 valence electrons. The minimum Gasteiger partial charge on any atom is -0.338 e. The lowest BCUT2D eigenvalue weighted by molar-refractivity contribution is -0.137. The fraction of sp³-hybridized carbons (Fsp3) is 0.364. The highest BCUT2D eigenvalue weighted by Crippen LogP contribution is 2.32. The summed E-state index contributed by atoms with van der Waals surface area (Å²) in [6.07, 6.45) is 2.49. The van der Waals surface area contributed by atoms with Crippen LogP contribution in [0.25, 0.3) is 0 Å². The van der Waals surface area contributed by atoms with E-state index in [0.717, 1.165) is 24.0 Å². The SMILES string of the molecule is O=C1CC(C(=O)N(Cc2ccccc2)C2CC2)CN1Cc1ccccc1. The van der Waals surface area contributed by atoms with Crippen LogP contribution in [0, 0.1) is 5.92 Å². The van der Waals surface area contributed by atoms with E-state index in [1.54, 1.807) is 0 Å². The van der Waals surface area contributed by atoms with E-state index in [2.05, 4.69) is 12.1 Å². The Kier molecular flexibility index (Phi) is 4.74. The van der Waals surface area contributed by atoms with Gasteiger partial charge < -0.3 is 9.80 Å². The molecule has 0 N–H and O–H groups in total. The van der Waals surface area contributed by atoms with Gasteiger partial charge in [-0.3, -0.25) is 9.59 Å². The van der Waals surface area contributed by atoms with Crippen LogP contribution < -0.4 is 0 Å². The molecular formula is C22H24N2O2. The van der Waals surface area contributed by atoms with Gasteiger partial charge in [0.25, 0.3) is 0 Å². The third kappa shape index (κ3) is 3.79. The highest BCUT2D eigenvalue weighted by molar-refractivity contribution is 5.89. The van der Waals surface area contributed by atoms with Gasteiger partial charge in [-0.2, -0.15) is 0 Å². The largest absolute Gasteiger partial charge is 0.338 e. The third-order valence-corrected chi connectivity index (χ3v) is 5.25. The lowest BCUT2D eigenvalue weighted by Crippen LogP contribution is -2.38. The van der Waals surface area contributed by atoms with Crippen LogP contribution in [-0.4, -0.2) is 34.2 Å². The average Bonchev–Trinajstić information content (AvgIpc) is 3.45. The van der Waals surface area contributed by atoms with E-state index >= 15 is 0 Å². The van der Waals surface area contributed by atoms with E-state index in [9.17, 15) is 9.59 Å². The average molecular weight is 348 g/mol. The quantitative estimate of drug-likeness (QED) is 0.804. The molecule has 2 aromatic rings. The normalized spacial score (nSPS) is 19.6. The molecule has 0 radical (unpaired) electrons. The maximum Gasteiger partial charge on any atom is 0.228 e. The first-order valence-electron chi connectivity index (χ1n) is 9.37. The molecule has 1 atom stereocenters. The van der Waals surface area contributed by atoms with Gasteiger partial charge in [-0.1, -0.05) is 60.7 Å². The molecule has 1 aliphatic carbocycles. The second-order valence-electron chi connectivity index (χ2n) is 7.34. The smallest absolute Gasteiger partial charge is 0.228 e. The zero-order valence-electron chi connectivity index (χ0n) is 14.9. The van der Waals surface area contributed by atoms with Gasteiger partial charge in [0, 0.05) is 32.1 Å². The van der Waals surface area contributed by atoms with Gasteiger partial charge in [-0.15, -0.1) is 0 Å². The predicted molar refractivity (Wildman–Crippen MR) is 100.0 cm³/mol. The highest BCUT2D eigenvalue weighted by Gasteiger charge is 2.40. The van der Waals surface area contributed by atoms with Gasteiger partial charge in [0.05, 0.1) is 5.92 Å². The van der Waals surface area contributed by atoms with E-state index < -0.39 is 0 Å². The van der Waals surface area contributed by atoms with E-state index in [-0.39, 0.29) is 17.7 Å². The fourth-order valence-electron chi connectivity index (χ4n) is 3.68. The van der Waals surface area contributed by atoms with Crippen LogP contribution in [0.15, 0.2) is 60.7 Å². The van der Waals surface area contributed by atoms with Crippen LogP contribution in [0.5, 0.6) is 0 Å². The van der Waals surface area contributed by atoms with Gasteiger partial charge in [0.2, 0.25) is 11.8 Å². The first-order valence-corrected chi connectivity index (χ1v) is 9.37. The Hall–Kier alpha value is -2.62. The third-order valence-electron chi connectivity index (χ3n) is 5.25. The number of carbonyl (C=O) groups is 2. The maximum absolute atomic E-state index is 13.1. The summed E-state index contributed by atoms with van der Waals surface area (Å²) in [5.41, 5.74) is 2.26. The van der Waals surface area contributed by atoms with Gasteiger partial charge in [-0.25, -0.2) is 0 Å². The van der Waals surface area contributed by atoms with Crippen LogP contribution >= 0.6 is 0 Å². The van der Waals surface area contributed by atoms with Crippen LogP contribution in [-0.2, 0) is 22.7 Å². The highest BCUT2D eigenvalue weighted by atomic mass is 16.2. The molecule has 26 heavy (non-hydrogen) atoms. The molecule has 1 unspecified atom stereocenters. The zero-order chi connectivity index (χ0) is 17.9. The molecule has 2 aromatic carbocycles. The molecule has 0 aromatic heterocycles. The number of benzene rings is 2. The monoisotopic (exact) mass is 348 g/mol. The molecule has 1 saturated carbocycles. The number of carbonyl (C=O) groups excluding carboxylic acids is 2. The molecule has 1 heterocycles. The van der Waals surface area contributed by atoms with Crippen molar-refractivity contribution in [1.29, 1.82) is 0 Å². The zero-order valence-corrected chi connectivity index (χ0v) is 14.9. The summed E-state index contributed by atoms with van der Waals surface area (Å²) in [4.78, 5) is 29.4. The number of likely N-dealkylation sites (tertiary alicyclic amines) is 1. The van der Waals surface area contributed by atoms with Gasteiger partial charge in [-0.05, 0) is 24.0 Å². The first kappa shape index (κ1) is 16.8. The molecule has 0 spiro atoms. The molecule has 2 fully saturated rings. The number of hydrogen-bond acceptors (Lipinski definition) is 2. The van der Waals surface area contributed by atoms with E-state index in [1.807, 2.05) is 58.3 Å². The van der Waals surface area contributed by atoms with Crippen molar-refractivity contribution < 1.29 is 9.59 Å². The minimum absolute atomic E-state index is 0.0858. The van der Waals surface area contributed by atoms with E-state index in [1.165, 1.54) is 0 Å². The van der Waals surface area contributed by atoms with Crippen molar-refractivity contribution in [3.63, 3.8) is 0 Å². The Labute approximate surface area is 154 Å². The topological polar surface area (TPSA) is 40.6 Å². The van der Waals surface area contributed by atoms with Crippen LogP contribution in [0.4, 0.5) is 0 Å². The van der Waals surface area contributed by atoms with Crippen LogP contribution in [0.1, 0.15) is 30.4 Å². The summed E-state index contributed by atoms with van der Waals surface area (Å²) in [5, 5.41) is 0. The Balaban J connectivity index is 1.42. The molecule has 0 bridgehead atoms. The fourth-order valence-corrected chi connectivity index (χ4v) is 3.68. The van der Waals surface area contributed by atoms with Crippen molar-refractivity contribution >= 4 is 11.8 Å². The Morgan fingerprint density at radius 3 is 2.19 bits per heavy atom. The predicted octanol–water partition coefficient (Wildman–Crippen LogP) is 3.23. The second kappa shape index (κ2) is 7.32. The molecule has 4 heteroatoms. The minimum atomic E-state index is -0.212. The maximum atomic E-state index is 13.1. The van der Waals surface area contributed by atoms with Crippen molar-refractivity contribution in [2.24, 2.45) is 5.92 Å². The van der Waals surface area contributed by atoms with E-state index in [4.69, 9.17) is 0 Å². The molecule has 1 saturated heterocycles. The molecule has 4 nitrogen and oxygen atoms in total. The Bertz CT molecular complexity index is 771. The molecule has 1 aliphatic heterocycles. The molecular weight excluding hydrogens is 324 g/mol. The summed E-state index contributed by atoms with van der Waals surface area (Å²) >= 11 is 0. The van der Waals surface area contributed by atoms with Crippen molar-refractivity contribution in [2.45, 2.75) is 38.4 Å². The van der Waals surface area contributed by atoms with Crippen LogP contribution in [0.2, 0.25) is 0 Å².